The molecule has 2 nitrogen and oxygen atoms in total. The first-order valence-corrected chi connectivity index (χ1v) is 8.04. The smallest absolute Gasteiger partial charge is 0.0789 e. The van der Waals surface area contributed by atoms with Gasteiger partial charge in [0.05, 0.1) is 11.2 Å². The Morgan fingerprint density at radius 1 is 0.895 bits per heavy atom. The quantitative estimate of drug-likeness (QED) is 0.747. The van der Waals surface area contributed by atoms with Crippen molar-refractivity contribution in [3.05, 3.63) is 0 Å². The monoisotopic (exact) mass is 267 g/mol. The fourth-order valence-corrected chi connectivity index (χ4v) is 4.49. The van der Waals surface area contributed by atoms with Crippen LogP contribution in [0.1, 0.15) is 68.2 Å². The maximum absolute atomic E-state index is 6.49. The Morgan fingerprint density at radius 3 is 1.63 bits per heavy atom. The van der Waals surface area contributed by atoms with E-state index in [-0.39, 0.29) is 11.2 Å². The SMILES string of the molecule is CC(C)C1CC2N(C(C)C)C(C1)C(C)(C)OC2(C)C. The molecule has 19 heavy (non-hydrogen) atoms. The van der Waals surface area contributed by atoms with Gasteiger partial charge in [0, 0.05) is 18.1 Å². The minimum atomic E-state index is -0.0438. The van der Waals surface area contributed by atoms with E-state index in [2.05, 4.69) is 60.3 Å². The maximum Gasteiger partial charge on any atom is 0.0789 e. The fourth-order valence-electron chi connectivity index (χ4n) is 4.49. The van der Waals surface area contributed by atoms with Gasteiger partial charge in [-0.1, -0.05) is 13.8 Å². The topological polar surface area (TPSA) is 12.5 Å². The number of piperidine rings is 1. The van der Waals surface area contributed by atoms with Crippen LogP contribution < -0.4 is 0 Å². The maximum atomic E-state index is 6.49. The van der Waals surface area contributed by atoms with Crippen molar-refractivity contribution in [3.63, 3.8) is 0 Å². The highest BCUT2D eigenvalue weighted by atomic mass is 16.5. The Balaban J connectivity index is 2.39. The molecule has 0 aliphatic carbocycles. The van der Waals surface area contributed by atoms with Gasteiger partial charge >= 0.3 is 0 Å². The molecular weight excluding hydrogens is 234 g/mol. The van der Waals surface area contributed by atoms with Crippen LogP contribution in [0.2, 0.25) is 0 Å². The third kappa shape index (κ3) is 2.58. The Kier molecular flexibility index (Phi) is 3.81. The van der Waals surface area contributed by atoms with Gasteiger partial charge in [0.15, 0.2) is 0 Å². The van der Waals surface area contributed by atoms with Gasteiger partial charge < -0.3 is 4.74 Å². The van der Waals surface area contributed by atoms with Crippen LogP contribution in [0, 0.1) is 11.8 Å². The van der Waals surface area contributed by atoms with Crippen LogP contribution in [0.25, 0.3) is 0 Å². The highest BCUT2D eigenvalue weighted by Gasteiger charge is 2.56. The summed E-state index contributed by atoms with van der Waals surface area (Å²) in [5.74, 6) is 1.62. The first-order chi connectivity index (χ1) is 8.56. The number of rotatable bonds is 2. The molecule has 2 rings (SSSR count). The summed E-state index contributed by atoms with van der Waals surface area (Å²) < 4.78 is 6.49. The van der Waals surface area contributed by atoms with Crippen molar-refractivity contribution in [3.8, 4) is 0 Å². The molecule has 0 aromatic rings. The molecule has 0 aromatic carbocycles. The third-order valence-electron chi connectivity index (χ3n) is 5.44. The van der Waals surface area contributed by atoms with Gasteiger partial charge in [-0.3, -0.25) is 4.90 Å². The third-order valence-corrected chi connectivity index (χ3v) is 5.44. The fraction of sp³-hybridized carbons (Fsp3) is 1.00. The zero-order chi connectivity index (χ0) is 14.6. The molecule has 0 amide bonds. The van der Waals surface area contributed by atoms with E-state index in [1.807, 2.05) is 0 Å². The summed E-state index contributed by atoms with van der Waals surface area (Å²) in [6.45, 7) is 18.6. The molecule has 2 atom stereocenters. The number of fused-ring (bicyclic) bond motifs is 2. The standard InChI is InChI=1S/C17H33NO/c1-11(2)13-9-14-16(5,6)19-17(7,8)15(10-13)18(14)12(3)4/h11-15H,9-10H2,1-8H3. The van der Waals surface area contributed by atoms with Crippen molar-refractivity contribution >= 4 is 0 Å². The van der Waals surface area contributed by atoms with Crippen molar-refractivity contribution in [2.75, 3.05) is 0 Å². The summed E-state index contributed by atoms with van der Waals surface area (Å²) in [6.07, 6.45) is 2.57. The van der Waals surface area contributed by atoms with E-state index in [0.29, 0.717) is 18.1 Å². The lowest BCUT2D eigenvalue weighted by Gasteiger charge is -2.63. The van der Waals surface area contributed by atoms with Crippen molar-refractivity contribution < 1.29 is 4.74 Å². The van der Waals surface area contributed by atoms with Gasteiger partial charge in [0.1, 0.15) is 0 Å². The summed E-state index contributed by atoms with van der Waals surface area (Å²) >= 11 is 0. The van der Waals surface area contributed by atoms with Gasteiger partial charge in [-0.25, -0.2) is 0 Å². The molecule has 0 aromatic heterocycles. The van der Waals surface area contributed by atoms with Crippen molar-refractivity contribution in [1.82, 2.24) is 4.90 Å². The highest BCUT2D eigenvalue weighted by molar-refractivity contribution is 5.08. The number of hydrogen-bond acceptors (Lipinski definition) is 2. The molecule has 2 aliphatic heterocycles. The summed E-state index contributed by atoms with van der Waals surface area (Å²) in [5, 5.41) is 0. The van der Waals surface area contributed by atoms with E-state index >= 15 is 0 Å². The largest absolute Gasteiger partial charge is 0.366 e. The summed E-state index contributed by atoms with van der Waals surface area (Å²) in [4.78, 5) is 2.75. The number of hydrogen-bond donors (Lipinski definition) is 0. The molecule has 0 spiro atoms. The molecular formula is C17H33NO. The highest BCUT2D eigenvalue weighted by Crippen LogP contribution is 2.48. The molecule has 2 saturated heterocycles. The van der Waals surface area contributed by atoms with Gasteiger partial charge in [-0.05, 0) is 66.2 Å². The molecule has 0 N–H and O–H groups in total. The van der Waals surface area contributed by atoms with Crippen LogP contribution in [0.3, 0.4) is 0 Å². The van der Waals surface area contributed by atoms with Crippen molar-refractivity contribution in [2.24, 2.45) is 11.8 Å². The Morgan fingerprint density at radius 2 is 1.32 bits per heavy atom. The lowest BCUT2D eigenvalue weighted by atomic mass is 9.69. The molecule has 0 saturated carbocycles. The lowest BCUT2D eigenvalue weighted by molar-refractivity contribution is -0.265. The van der Waals surface area contributed by atoms with E-state index in [1.165, 1.54) is 12.8 Å². The van der Waals surface area contributed by atoms with Gasteiger partial charge in [-0.2, -0.15) is 0 Å². The molecule has 112 valence electrons. The van der Waals surface area contributed by atoms with Crippen LogP contribution in [0.5, 0.6) is 0 Å². The van der Waals surface area contributed by atoms with E-state index in [0.717, 1.165) is 11.8 Å². The van der Waals surface area contributed by atoms with Gasteiger partial charge in [0.2, 0.25) is 0 Å². The van der Waals surface area contributed by atoms with Crippen molar-refractivity contribution in [2.45, 2.75) is 97.6 Å². The Labute approximate surface area is 119 Å². The minimum Gasteiger partial charge on any atom is -0.366 e. The zero-order valence-electron chi connectivity index (χ0n) is 14.2. The second kappa shape index (κ2) is 4.73. The van der Waals surface area contributed by atoms with E-state index in [9.17, 15) is 0 Å². The second-order valence-corrected chi connectivity index (χ2v) is 8.36. The number of nitrogens with zero attached hydrogens (tertiary/aromatic N) is 1. The zero-order valence-corrected chi connectivity index (χ0v) is 14.2. The van der Waals surface area contributed by atoms with Gasteiger partial charge in [0.25, 0.3) is 0 Å². The molecule has 2 aliphatic rings. The number of ether oxygens (including phenoxy) is 1. The Bertz CT molecular complexity index is 308. The molecule has 0 radical (unpaired) electrons. The first kappa shape index (κ1) is 15.3. The van der Waals surface area contributed by atoms with Crippen LogP contribution in [-0.4, -0.2) is 34.2 Å². The number of morpholine rings is 1. The minimum absolute atomic E-state index is 0.0438. The summed E-state index contributed by atoms with van der Waals surface area (Å²) in [5.41, 5.74) is -0.0876. The van der Waals surface area contributed by atoms with Crippen LogP contribution in [0.15, 0.2) is 0 Å². The predicted molar refractivity (Wildman–Crippen MR) is 81.4 cm³/mol. The van der Waals surface area contributed by atoms with Crippen LogP contribution in [0.4, 0.5) is 0 Å². The van der Waals surface area contributed by atoms with Crippen LogP contribution >= 0.6 is 0 Å². The second-order valence-electron chi connectivity index (χ2n) is 8.36. The van der Waals surface area contributed by atoms with E-state index in [4.69, 9.17) is 4.74 Å². The lowest BCUT2D eigenvalue weighted by Crippen LogP contribution is -2.72. The van der Waals surface area contributed by atoms with Crippen LogP contribution in [-0.2, 0) is 4.74 Å². The summed E-state index contributed by atoms with van der Waals surface area (Å²) in [7, 11) is 0. The molecule has 2 bridgehead atoms. The average Bonchev–Trinajstić information content (AvgIpc) is 2.24. The molecule has 2 heteroatoms. The van der Waals surface area contributed by atoms with Crippen molar-refractivity contribution in [1.29, 1.82) is 0 Å². The average molecular weight is 267 g/mol. The molecule has 2 heterocycles. The van der Waals surface area contributed by atoms with E-state index in [1.54, 1.807) is 0 Å². The molecule has 2 unspecified atom stereocenters. The summed E-state index contributed by atoms with van der Waals surface area (Å²) in [6, 6.07) is 1.73. The predicted octanol–water partition coefficient (Wildman–Crippen LogP) is 4.09. The molecule has 2 fully saturated rings. The normalized spacial score (nSPS) is 37.9. The first-order valence-electron chi connectivity index (χ1n) is 8.04. The van der Waals surface area contributed by atoms with E-state index < -0.39 is 0 Å². The Hall–Kier alpha value is -0.0800. The van der Waals surface area contributed by atoms with Gasteiger partial charge in [-0.15, -0.1) is 0 Å².